The zero-order valence-electron chi connectivity index (χ0n) is 18.7. The predicted molar refractivity (Wildman–Crippen MR) is 114 cm³/mol. The molecule has 1 aromatic carbocycles. The van der Waals surface area contributed by atoms with Crippen molar-refractivity contribution >= 4 is 23.3 Å². The first-order valence-electron chi connectivity index (χ1n) is 9.52. The van der Waals surface area contributed by atoms with Crippen LogP contribution in [0.3, 0.4) is 0 Å². The van der Waals surface area contributed by atoms with Crippen molar-refractivity contribution in [3.8, 4) is 11.6 Å². The molecule has 0 N–H and O–H groups in total. The maximum atomic E-state index is 12.1. The number of Topliss-reactive ketones (excluding diaryl/α,β-unsaturated/α-hetero) is 1. The lowest BCUT2D eigenvalue weighted by Crippen LogP contribution is -2.33. The molecule has 0 amide bonds. The first-order chi connectivity index (χ1) is 14.3. The summed E-state index contributed by atoms with van der Waals surface area (Å²) < 4.78 is 11.0. The van der Waals surface area contributed by atoms with Gasteiger partial charge in [-0.1, -0.05) is 0 Å². The highest BCUT2D eigenvalue weighted by Crippen LogP contribution is 2.37. The first-order valence-corrected chi connectivity index (χ1v) is 9.52. The van der Waals surface area contributed by atoms with E-state index in [1.807, 2.05) is 13.8 Å². The van der Waals surface area contributed by atoms with Crippen LogP contribution in [0.5, 0.6) is 11.6 Å². The Bertz CT molecular complexity index is 1030. The van der Waals surface area contributed by atoms with E-state index in [0.29, 0.717) is 0 Å². The van der Waals surface area contributed by atoms with Gasteiger partial charge in [0.1, 0.15) is 24.2 Å². The summed E-state index contributed by atoms with van der Waals surface area (Å²) in [4.78, 5) is 44.5. The third kappa shape index (κ3) is 5.97. The number of esters is 1. The van der Waals surface area contributed by atoms with Gasteiger partial charge in [0, 0.05) is 7.05 Å². The number of hydrogen-bond acceptors (Lipinski definition) is 9. The molecule has 0 aliphatic rings. The molecule has 0 spiro atoms. The quantitative estimate of drug-likeness (QED) is 0.279. The van der Waals surface area contributed by atoms with E-state index in [9.17, 15) is 19.7 Å². The SMILES string of the molecule is CC(=O)c1cc(C)c(C)cc1Oc1ncnc(N(C)CC(=O)OC(C)(C)C)c1[N+](=O)[O-]. The standard InChI is InChI=1S/C21H26N4O6/c1-12-8-15(14(3)26)16(9-13(12)2)30-20-18(25(28)29)19(22-11-23-20)24(7)10-17(27)31-21(4,5)6/h8-9,11H,10H2,1-7H3. The lowest BCUT2D eigenvalue weighted by Gasteiger charge is -2.23. The smallest absolute Gasteiger partial charge is 0.373 e. The van der Waals surface area contributed by atoms with Crippen molar-refractivity contribution in [2.75, 3.05) is 18.5 Å². The Hall–Kier alpha value is -3.56. The van der Waals surface area contributed by atoms with E-state index in [2.05, 4.69) is 9.97 Å². The van der Waals surface area contributed by atoms with Crippen molar-refractivity contribution in [2.24, 2.45) is 0 Å². The Morgan fingerprint density at radius 1 is 1.16 bits per heavy atom. The molecule has 1 aromatic heterocycles. The van der Waals surface area contributed by atoms with Crippen molar-refractivity contribution in [1.82, 2.24) is 9.97 Å². The number of rotatable bonds is 7. The minimum atomic E-state index is -0.698. The van der Waals surface area contributed by atoms with Crippen LogP contribution < -0.4 is 9.64 Å². The molecule has 0 saturated carbocycles. The molecule has 0 bridgehead atoms. The average Bonchev–Trinajstić information content (AvgIpc) is 2.62. The van der Waals surface area contributed by atoms with E-state index < -0.39 is 22.2 Å². The van der Waals surface area contributed by atoms with Crippen molar-refractivity contribution in [3.63, 3.8) is 0 Å². The van der Waals surface area contributed by atoms with Crippen molar-refractivity contribution < 1.29 is 24.0 Å². The number of ether oxygens (including phenoxy) is 2. The highest BCUT2D eigenvalue weighted by molar-refractivity contribution is 5.97. The topological polar surface area (TPSA) is 125 Å². The number of carbonyl (C=O) groups is 2. The summed E-state index contributed by atoms with van der Waals surface area (Å²) in [5, 5.41) is 11.8. The van der Waals surface area contributed by atoms with Crippen LogP contribution in [-0.4, -0.2) is 45.8 Å². The fraction of sp³-hybridized carbons (Fsp3) is 0.429. The van der Waals surface area contributed by atoms with Gasteiger partial charge >= 0.3 is 17.5 Å². The van der Waals surface area contributed by atoms with Gasteiger partial charge in [-0.05, 0) is 64.8 Å². The molecule has 0 aliphatic carbocycles. The maximum absolute atomic E-state index is 12.1. The molecule has 31 heavy (non-hydrogen) atoms. The summed E-state index contributed by atoms with van der Waals surface area (Å²) in [6, 6.07) is 3.29. The van der Waals surface area contributed by atoms with Gasteiger partial charge in [-0.2, -0.15) is 4.98 Å². The molecule has 0 fully saturated rings. The monoisotopic (exact) mass is 430 g/mol. The van der Waals surface area contributed by atoms with Crippen molar-refractivity contribution in [3.05, 3.63) is 45.3 Å². The van der Waals surface area contributed by atoms with Gasteiger partial charge in [0.05, 0.1) is 10.5 Å². The van der Waals surface area contributed by atoms with Crippen molar-refractivity contribution in [1.29, 1.82) is 0 Å². The summed E-state index contributed by atoms with van der Waals surface area (Å²) in [5.41, 5.74) is 0.781. The number of likely N-dealkylation sites (N-methyl/N-ethyl adjacent to an activating group) is 1. The van der Waals surface area contributed by atoms with Gasteiger partial charge in [-0.25, -0.2) is 4.98 Å². The minimum absolute atomic E-state index is 0.117. The van der Waals surface area contributed by atoms with E-state index in [4.69, 9.17) is 9.47 Å². The van der Waals surface area contributed by atoms with E-state index >= 15 is 0 Å². The molecule has 0 unspecified atom stereocenters. The first kappa shape index (κ1) is 23.7. The number of anilines is 1. The lowest BCUT2D eigenvalue weighted by atomic mass is 10.0. The van der Waals surface area contributed by atoms with Gasteiger partial charge in [-0.3, -0.25) is 19.7 Å². The van der Waals surface area contributed by atoms with Gasteiger partial charge in [0.15, 0.2) is 5.78 Å². The average molecular weight is 430 g/mol. The number of nitrogens with zero attached hydrogens (tertiary/aromatic N) is 4. The number of benzene rings is 1. The predicted octanol–water partition coefficient (Wildman–Crippen LogP) is 3.77. The van der Waals surface area contributed by atoms with E-state index in [0.717, 1.165) is 17.5 Å². The van der Waals surface area contributed by atoms with Crippen LogP contribution in [0.2, 0.25) is 0 Å². The molecule has 0 aliphatic heterocycles. The molecular weight excluding hydrogens is 404 g/mol. The number of ketones is 1. The summed E-state index contributed by atoms with van der Waals surface area (Å²) in [5.74, 6) is -1.13. The Balaban J connectivity index is 2.46. The van der Waals surface area contributed by atoms with Crippen LogP contribution in [0, 0.1) is 24.0 Å². The highest BCUT2D eigenvalue weighted by Gasteiger charge is 2.30. The summed E-state index contributed by atoms with van der Waals surface area (Å²) >= 11 is 0. The molecule has 2 rings (SSSR count). The Kier molecular flexibility index (Phi) is 6.94. The summed E-state index contributed by atoms with van der Waals surface area (Å²) in [6.07, 6.45) is 1.09. The van der Waals surface area contributed by atoms with E-state index in [-0.39, 0.29) is 35.3 Å². The molecule has 10 nitrogen and oxygen atoms in total. The Morgan fingerprint density at radius 2 is 1.77 bits per heavy atom. The third-order valence-corrected chi connectivity index (χ3v) is 4.28. The normalized spacial score (nSPS) is 11.1. The van der Waals surface area contributed by atoms with Crippen molar-refractivity contribution in [2.45, 2.75) is 47.1 Å². The molecule has 0 saturated heterocycles. The summed E-state index contributed by atoms with van der Waals surface area (Å²) in [6.45, 7) is 9.96. The number of carbonyl (C=O) groups excluding carboxylic acids is 2. The van der Waals surface area contributed by atoms with Crippen LogP contribution in [0.4, 0.5) is 11.5 Å². The molecule has 2 aromatic rings. The summed E-state index contributed by atoms with van der Waals surface area (Å²) in [7, 11) is 1.47. The molecule has 10 heteroatoms. The maximum Gasteiger partial charge on any atom is 0.373 e. The highest BCUT2D eigenvalue weighted by atomic mass is 16.6. The molecular formula is C21H26N4O6. The zero-order chi connectivity index (χ0) is 23.5. The van der Waals surface area contributed by atoms with Crippen LogP contribution in [-0.2, 0) is 9.53 Å². The zero-order valence-corrected chi connectivity index (χ0v) is 18.7. The van der Waals surface area contributed by atoms with Gasteiger partial charge in [-0.15, -0.1) is 0 Å². The minimum Gasteiger partial charge on any atom is -0.459 e. The largest absolute Gasteiger partial charge is 0.459 e. The molecule has 0 radical (unpaired) electrons. The second-order valence-electron chi connectivity index (χ2n) is 8.14. The van der Waals surface area contributed by atoms with Crippen LogP contribution >= 0.6 is 0 Å². The van der Waals surface area contributed by atoms with Gasteiger partial charge in [0.2, 0.25) is 5.82 Å². The van der Waals surface area contributed by atoms with Crippen LogP contribution in [0.1, 0.15) is 49.2 Å². The van der Waals surface area contributed by atoms with E-state index in [1.165, 1.54) is 18.9 Å². The second kappa shape index (κ2) is 9.07. The van der Waals surface area contributed by atoms with E-state index in [1.54, 1.807) is 32.9 Å². The lowest BCUT2D eigenvalue weighted by molar-refractivity contribution is -0.385. The fourth-order valence-corrected chi connectivity index (χ4v) is 2.76. The Labute approximate surface area is 180 Å². The third-order valence-electron chi connectivity index (χ3n) is 4.28. The van der Waals surface area contributed by atoms with Gasteiger partial charge < -0.3 is 14.4 Å². The fourth-order valence-electron chi connectivity index (χ4n) is 2.76. The molecule has 166 valence electrons. The van der Waals surface area contributed by atoms with Crippen LogP contribution in [0.25, 0.3) is 0 Å². The number of aryl methyl sites for hydroxylation is 2. The molecule has 0 atom stereocenters. The number of aromatic nitrogens is 2. The number of hydrogen-bond donors (Lipinski definition) is 0. The van der Waals surface area contributed by atoms with Crippen LogP contribution in [0.15, 0.2) is 18.5 Å². The van der Waals surface area contributed by atoms with Gasteiger partial charge in [0.25, 0.3) is 0 Å². The second-order valence-corrected chi connectivity index (χ2v) is 8.14. The number of nitro groups is 1. The Morgan fingerprint density at radius 3 is 2.32 bits per heavy atom. The molecule has 1 heterocycles.